The fourth-order valence-electron chi connectivity index (χ4n) is 1.86. The Morgan fingerprint density at radius 3 is 2.40 bits per heavy atom. The molecule has 0 amide bonds. The maximum absolute atomic E-state index is 13.3. The number of carboxylic acids is 1. The molecule has 0 aliphatic heterocycles. The molecule has 0 bridgehead atoms. The minimum Gasteiger partial charge on any atom is -0.488 e. The average Bonchev–Trinajstić information content (AvgIpc) is 2.32. The molecule has 0 aliphatic rings. The van der Waals surface area contributed by atoms with Crippen molar-refractivity contribution in [2.24, 2.45) is 0 Å². The van der Waals surface area contributed by atoms with Gasteiger partial charge in [0, 0.05) is 12.5 Å². The van der Waals surface area contributed by atoms with E-state index in [1.807, 2.05) is 13.8 Å². The summed E-state index contributed by atoms with van der Waals surface area (Å²) in [6, 6.07) is 3.36. The number of hydrogen-bond donors (Lipinski definition) is 2. The molecule has 0 radical (unpaired) electrons. The number of hydrogen-bond acceptors (Lipinski definition) is 3. The third kappa shape index (κ3) is 4.16. The van der Waals surface area contributed by atoms with Gasteiger partial charge in [-0.1, -0.05) is 6.07 Å². The van der Waals surface area contributed by atoms with Gasteiger partial charge < -0.3 is 9.84 Å². The molecular weight excluding hydrogens is 268 g/mol. The Kier molecular flexibility index (Phi) is 5.44. The summed E-state index contributed by atoms with van der Waals surface area (Å²) in [4.78, 5) is 11.3. The third-order valence-corrected chi connectivity index (χ3v) is 2.85. The number of nitrogens with one attached hydrogen (secondary N) is 1. The number of benzene rings is 1. The third-order valence-electron chi connectivity index (χ3n) is 2.85. The fourth-order valence-corrected chi connectivity index (χ4v) is 1.86. The first kappa shape index (κ1) is 16.4. The highest BCUT2D eigenvalue weighted by atomic mass is 19.1. The van der Waals surface area contributed by atoms with E-state index in [1.54, 1.807) is 0 Å². The lowest BCUT2D eigenvalue weighted by Crippen LogP contribution is -2.53. The number of ether oxygens (including phenoxy) is 1. The summed E-state index contributed by atoms with van der Waals surface area (Å²) in [5.41, 5.74) is -1.21. The van der Waals surface area contributed by atoms with Crippen molar-refractivity contribution in [3.63, 3.8) is 0 Å². The van der Waals surface area contributed by atoms with Gasteiger partial charge in [0.15, 0.2) is 17.4 Å². The van der Waals surface area contributed by atoms with E-state index in [-0.39, 0.29) is 19.1 Å². The summed E-state index contributed by atoms with van der Waals surface area (Å²) in [5.74, 6) is -3.13. The fraction of sp³-hybridized carbons (Fsp3) is 0.500. The van der Waals surface area contributed by atoms with Crippen molar-refractivity contribution in [1.29, 1.82) is 0 Å². The van der Waals surface area contributed by atoms with Gasteiger partial charge in [-0.15, -0.1) is 0 Å². The second kappa shape index (κ2) is 6.65. The molecule has 0 saturated heterocycles. The van der Waals surface area contributed by atoms with Crippen LogP contribution < -0.4 is 10.1 Å². The molecule has 1 aromatic rings. The molecule has 0 spiro atoms. The highest BCUT2D eigenvalue weighted by Crippen LogP contribution is 2.22. The molecule has 20 heavy (non-hydrogen) atoms. The zero-order valence-electron chi connectivity index (χ0n) is 11.7. The summed E-state index contributed by atoms with van der Waals surface area (Å²) in [5, 5.41) is 12.1. The maximum Gasteiger partial charge on any atom is 0.323 e. The number of aliphatic carboxylic acids is 1. The first-order chi connectivity index (χ1) is 9.26. The Balaban J connectivity index is 2.68. The number of carboxylic acid groups (broad SMARTS) is 1. The van der Waals surface area contributed by atoms with Crippen molar-refractivity contribution in [1.82, 2.24) is 5.32 Å². The first-order valence-corrected chi connectivity index (χ1v) is 6.34. The Labute approximate surface area is 116 Å². The highest BCUT2D eigenvalue weighted by molar-refractivity contribution is 5.78. The van der Waals surface area contributed by atoms with Crippen molar-refractivity contribution >= 4 is 5.97 Å². The molecule has 1 aromatic carbocycles. The van der Waals surface area contributed by atoms with Crippen molar-refractivity contribution in [3.8, 4) is 5.75 Å². The van der Waals surface area contributed by atoms with Crippen LogP contribution >= 0.6 is 0 Å². The van der Waals surface area contributed by atoms with E-state index in [1.165, 1.54) is 13.0 Å². The van der Waals surface area contributed by atoms with Gasteiger partial charge in [0.05, 0.1) is 6.61 Å². The Hall–Kier alpha value is -1.69. The average molecular weight is 287 g/mol. The lowest BCUT2D eigenvalue weighted by Gasteiger charge is -2.28. The van der Waals surface area contributed by atoms with Crippen LogP contribution in [0.4, 0.5) is 8.78 Å². The minimum atomic E-state index is -1.21. The predicted octanol–water partition coefficient (Wildman–Crippen LogP) is 2.58. The molecule has 0 saturated carbocycles. The monoisotopic (exact) mass is 287 g/mol. The molecule has 0 heterocycles. The second-order valence-electron chi connectivity index (χ2n) is 5.09. The van der Waals surface area contributed by atoms with Gasteiger partial charge in [0.1, 0.15) is 5.54 Å². The Morgan fingerprint density at radius 1 is 1.40 bits per heavy atom. The summed E-state index contributed by atoms with van der Waals surface area (Å²) in [7, 11) is 0. The van der Waals surface area contributed by atoms with Crippen LogP contribution in [0.1, 0.15) is 27.2 Å². The summed E-state index contributed by atoms with van der Waals surface area (Å²) in [6.45, 7) is 5.04. The molecule has 1 atom stereocenters. The standard InChI is InChI=1S/C14H19F2NO3/c1-9(2)17-14(3,13(18)19)7-8-20-12-10(15)5-4-6-11(12)16/h4-6,9,17H,7-8H2,1-3H3,(H,18,19). The van der Waals surface area contributed by atoms with E-state index in [9.17, 15) is 18.7 Å². The molecule has 4 nitrogen and oxygen atoms in total. The van der Waals surface area contributed by atoms with Crippen molar-refractivity contribution in [3.05, 3.63) is 29.8 Å². The first-order valence-electron chi connectivity index (χ1n) is 6.34. The van der Waals surface area contributed by atoms with Crippen LogP contribution in [-0.2, 0) is 4.79 Å². The molecule has 0 fully saturated rings. The van der Waals surface area contributed by atoms with E-state index in [4.69, 9.17) is 4.74 Å². The smallest absolute Gasteiger partial charge is 0.323 e. The van der Waals surface area contributed by atoms with Gasteiger partial charge in [0.2, 0.25) is 0 Å². The number of rotatable bonds is 7. The molecule has 0 aliphatic carbocycles. The summed E-state index contributed by atoms with van der Waals surface area (Å²) >= 11 is 0. The number of halogens is 2. The second-order valence-corrected chi connectivity index (χ2v) is 5.09. The van der Waals surface area contributed by atoms with Gasteiger partial charge >= 0.3 is 5.97 Å². The molecule has 2 N–H and O–H groups in total. The molecular formula is C14H19F2NO3. The van der Waals surface area contributed by atoms with Crippen LogP contribution in [0.2, 0.25) is 0 Å². The van der Waals surface area contributed by atoms with Gasteiger partial charge in [0.25, 0.3) is 0 Å². The van der Waals surface area contributed by atoms with Gasteiger partial charge in [-0.3, -0.25) is 10.1 Å². The van der Waals surface area contributed by atoms with Crippen LogP contribution in [0.5, 0.6) is 5.75 Å². The quantitative estimate of drug-likeness (QED) is 0.809. The normalized spacial score (nSPS) is 14.1. The van der Waals surface area contributed by atoms with Crippen LogP contribution in [0.15, 0.2) is 18.2 Å². The molecule has 112 valence electrons. The Bertz CT molecular complexity index is 459. The van der Waals surface area contributed by atoms with E-state index >= 15 is 0 Å². The zero-order chi connectivity index (χ0) is 15.3. The zero-order valence-corrected chi connectivity index (χ0v) is 11.7. The van der Waals surface area contributed by atoms with E-state index in [0.717, 1.165) is 12.1 Å². The predicted molar refractivity (Wildman–Crippen MR) is 70.8 cm³/mol. The summed E-state index contributed by atoms with van der Waals surface area (Å²) in [6.07, 6.45) is 0.0777. The van der Waals surface area contributed by atoms with Crippen LogP contribution in [0.25, 0.3) is 0 Å². The van der Waals surface area contributed by atoms with Crippen molar-refractivity contribution in [2.75, 3.05) is 6.61 Å². The molecule has 0 aromatic heterocycles. The molecule has 1 unspecified atom stereocenters. The molecule has 6 heteroatoms. The highest BCUT2D eigenvalue weighted by Gasteiger charge is 2.33. The summed E-state index contributed by atoms with van der Waals surface area (Å²) < 4.78 is 31.7. The van der Waals surface area contributed by atoms with Gasteiger partial charge in [-0.05, 0) is 32.9 Å². The van der Waals surface area contributed by atoms with E-state index in [0.29, 0.717) is 0 Å². The largest absolute Gasteiger partial charge is 0.488 e. The molecule has 1 rings (SSSR count). The number of carbonyl (C=O) groups is 1. The van der Waals surface area contributed by atoms with E-state index in [2.05, 4.69) is 5.32 Å². The Morgan fingerprint density at radius 2 is 1.95 bits per heavy atom. The topological polar surface area (TPSA) is 58.6 Å². The van der Waals surface area contributed by atoms with Crippen molar-refractivity contribution < 1.29 is 23.4 Å². The van der Waals surface area contributed by atoms with Gasteiger partial charge in [-0.2, -0.15) is 0 Å². The van der Waals surface area contributed by atoms with Crippen LogP contribution in [0, 0.1) is 11.6 Å². The van der Waals surface area contributed by atoms with Crippen LogP contribution in [0.3, 0.4) is 0 Å². The van der Waals surface area contributed by atoms with Crippen LogP contribution in [-0.4, -0.2) is 29.3 Å². The maximum atomic E-state index is 13.3. The van der Waals surface area contributed by atoms with Gasteiger partial charge in [-0.25, -0.2) is 8.78 Å². The lowest BCUT2D eigenvalue weighted by atomic mass is 9.97. The minimum absolute atomic E-state index is 0.0405. The number of para-hydroxylation sites is 1. The SMILES string of the molecule is CC(C)NC(C)(CCOc1c(F)cccc1F)C(=O)O. The van der Waals surface area contributed by atoms with E-state index < -0.39 is 28.9 Å². The van der Waals surface area contributed by atoms with Crippen molar-refractivity contribution in [2.45, 2.75) is 38.8 Å². The lowest BCUT2D eigenvalue weighted by molar-refractivity contribution is -0.145.